The molecule has 2 aromatic rings. The van der Waals surface area contributed by atoms with Gasteiger partial charge in [-0.2, -0.15) is 0 Å². The van der Waals surface area contributed by atoms with Crippen molar-refractivity contribution in [3.05, 3.63) is 42.1 Å². The summed E-state index contributed by atoms with van der Waals surface area (Å²) in [5.74, 6) is -0.860. The van der Waals surface area contributed by atoms with Crippen molar-refractivity contribution in [2.45, 2.75) is 25.4 Å². The lowest BCUT2D eigenvalue weighted by atomic mass is 9.90. The number of likely N-dealkylation sites (tertiary alicyclic amines) is 1. The summed E-state index contributed by atoms with van der Waals surface area (Å²) in [5, 5.41) is 1.08. The molecule has 2 heterocycles. The Morgan fingerprint density at radius 3 is 2.64 bits per heavy atom. The van der Waals surface area contributed by atoms with Crippen molar-refractivity contribution < 1.29 is 19.1 Å². The number of piperidine rings is 1. The van der Waals surface area contributed by atoms with E-state index in [4.69, 9.17) is 9.47 Å². The number of esters is 2. The number of methoxy groups -OCH3 is 2. The van der Waals surface area contributed by atoms with Crippen molar-refractivity contribution in [1.29, 1.82) is 0 Å². The predicted molar refractivity (Wildman–Crippen MR) is 92.7 cm³/mol. The van der Waals surface area contributed by atoms with Gasteiger partial charge in [0.2, 0.25) is 0 Å². The number of para-hydroxylation sites is 1. The summed E-state index contributed by atoms with van der Waals surface area (Å²) >= 11 is 0. The Labute approximate surface area is 146 Å². The normalized spacial score (nSPS) is 21.0. The van der Waals surface area contributed by atoms with E-state index in [1.54, 1.807) is 0 Å². The highest BCUT2D eigenvalue weighted by Gasteiger charge is 2.37. The third kappa shape index (κ3) is 3.79. The molecule has 0 saturated carbocycles. The van der Waals surface area contributed by atoms with E-state index in [1.165, 1.54) is 14.2 Å². The molecule has 0 N–H and O–H groups in total. The molecule has 1 aromatic carbocycles. The number of fused-ring (bicyclic) bond motifs is 1. The molecular weight excluding hydrogens is 320 g/mol. The van der Waals surface area contributed by atoms with E-state index in [9.17, 15) is 9.59 Å². The quantitative estimate of drug-likeness (QED) is 0.793. The fraction of sp³-hybridized carbons (Fsp3) is 0.421. The summed E-state index contributed by atoms with van der Waals surface area (Å²) in [6.07, 6.45) is 1.07. The molecular formula is C19H22N2O4. The van der Waals surface area contributed by atoms with Crippen molar-refractivity contribution in [1.82, 2.24) is 9.88 Å². The number of pyridine rings is 1. The van der Waals surface area contributed by atoms with E-state index in [1.807, 2.05) is 41.3 Å². The van der Waals surface area contributed by atoms with Gasteiger partial charge in [-0.3, -0.25) is 19.5 Å². The fourth-order valence-electron chi connectivity index (χ4n) is 3.37. The number of nitrogens with zero attached hydrogens (tertiary/aromatic N) is 2. The molecule has 6 heteroatoms. The van der Waals surface area contributed by atoms with Crippen molar-refractivity contribution in [3.8, 4) is 0 Å². The van der Waals surface area contributed by atoms with Gasteiger partial charge in [0.1, 0.15) is 6.04 Å². The highest BCUT2D eigenvalue weighted by atomic mass is 16.5. The van der Waals surface area contributed by atoms with E-state index >= 15 is 0 Å². The Morgan fingerprint density at radius 2 is 1.88 bits per heavy atom. The molecule has 25 heavy (non-hydrogen) atoms. The monoisotopic (exact) mass is 342 g/mol. The third-order valence-electron chi connectivity index (χ3n) is 4.74. The molecule has 0 radical (unpaired) electrons. The van der Waals surface area contributed by atoms with Gasteiger partial charge in [-0.1, -0.05) is 24.3 Å². The number of carbonyl (C=O) groups excluding carboxylic acids is 2. The Hall–Kier alpha value is -2.47. The van der Waals surface area contributed by atoms with Crippen LogP contribution in [0.4, 0.5) is 0 Å². The van der Waals surface area contributed by atoms with Gasteiger partial charge < -0.3 is 9.47 Å². The zero-order chi connectivity index (χ0) is 17.8. The zero-order valence-corrected chi connectivity index (χ0v) is 14.5. The highest BCUT2D eigenvalue weighted by molar-refractivity contribution is 5.79. The number of aromatic nitrogens is 1. The van der Waals surface area contributed by atoms with Crippen molar-refractivity contribution >= 4 is 22.8 Å². The molecule has 1 aromatic heterocycles. The second-order valence-corrected chi connectivity index (χ2v) is 6.25. The van der Waals surface area contributed by atoms with Crippen LogP contribution in [0.1, 0.15) is 18.5 Å². The predicted octanol–water partition coefficient (Wildman–Crippen LogP) is 2.16. The summed E-state index contributed by atoms with van der Waals surface area (Å²) in [6, 6.07) is 11.5. The Balaban J connectivity index is 1.78. The first-order valence-electron chi connectivity index (χ1n) is 8.36. The van der Waals surface area contributed by atoms with Crippen LogP contribution in [-0.4, -0.2) is 48.6 Å². The molecule has 0 aliphatic carbocycles. The lowest BCUT2D eigenvalue weighted by Crippen LogP contribution is -2.48. The Bertz CT molecular complexity index is 777. The van der Waals surface area contributed by atoms with Crippen LogP contribution in [0.5, 0.6) is 0 Å². The molecule has 1 aliphatic rings. The lowest BCUT2D eigenvalue weighted by molar-refractivity contribution is -0.154. The molecule has 132 valence electrons. The summed E-state index contributed by atoms with van der Waals surface area (Å²) in [4.78, 5) is 30.7. The number of carbonyl (C=O) groups is 2. The minimum absolute atomic E-state index is 0.266. The van der Waals surface area contributed by atoms with Gasteiger partial charge in [0.05, 0.1) is 31.3 Å². The van der Waals surface area contributed by atoms with Crippen molar-refractivity contribution in [2.75, 3.05) is 20.8 Å². The highest BCUT2D eigenvalue weighted by Crippen LogP contribution is 2.26. The third-order valence-corrected chi connectivity index (χ3v) is 4.74. The van der Waals surface area contributed by atoms with Gasteiger partial charge in [0, 0.05) is 18.5 Å². The Morgan fingerprint density at radius 1 is 1.12 bits per heavy atom. The average Bonchev–Trinajstić information content (AvgIpc) is 2.67. The molecule has 0 bridgehead atoms. The Kier molecular flexibility index (Phi) is 5.28. The van der Waals surface area contributed by atoms with E-state index in [0.717, 1.165) is 16.6 Å². The first kappa shape index (κ1) is 17.4. The van der Waals surface area contributed by atoms with Gasteiger partial charge in [-0.15, -0.1) is 0 Å². The van der Waals surface area contributed by atoms with Crippen LogP contribution < -0.4 is 0 Å². The first-order chi connectivity index (χ1) is 12.1. The van der Waals surface area contributed by atoms with Crippen molar-refractivity contribution in [2.24, 2.45) is 5.92 Å². The van der Waals surface area contributed by atoms with Crippen LogP contribution in [0.3, 0.4) is 0 Å². The molecule has 3 rings (SSSR count). The summed E-state index contributed by atoms with van der Waals surface area (Å²) in [6.45, 7) is 1.16. The van der Waals surface area contributed by atoms with Gasteiger partial charge in [-0.05, 0) is 25.0 Å². The number of hydrogen-bond acceptors (Lipinski definition) is 6. The zero-order valence-electron chi connectivity index (χ0n) is 14.5. The van der Waals surface area contributed by atoms with E-state index < -0.39 is 6.04 Å². The molecule has 2 atom stereocenters. The summed E-state index contributed by atoms with van der Waals surface area (Å²) in [7, 11) is 2.75. The van der Waals surface area contributed by atoms with Gasteiger partial charge in [0.25, 0.3) is 0 Å². The minimum Gasteiger partial charge on any atom is -0.469 e. The summed E-state index contributed by atoms with van der Waals surface area (Å²) < 4.78 is 9.77. The van der Waals surface area contributed by atoms with Crippen LogP contribution in [0, 0.1) is 5.92 Å². The second-order valence-electron chi connectivity index (χ2n) is 6.25. The fourth-order valence-corrected chi connectivity index (χ4v) is 3.37. The van der Waals surface area contributed by atoms with Gasteiger partial charge in [-0.25, -0.2) is 0 Å². The lowest BCUT2D eigenvalue weighted by Gasteiger charge is -2.36. The molecule has 1 saturated heterocycles. The minimum atomic E-state index is -0.462. The molecule has 1 aliphatic heterocycles. The van der Waals surface area contributed by atoms with E-state index in [-0.39, 0.29) is 17.9 Å². The maximum absolute atomic E-state index is 12.2. The van der Waals surface area contributed by atoms with E-state index in [0.29, 0.717) is 25.9 Å². The van der Waals surface area contributed by atoms with E-state index in [2.05, 4.69) is 4.98 Å². The van der Waals surface area contributed by atoms with Crippen LogP contribution in [0.2, 0.25) is 0 Å². The van der Waals surface area contributed by atoms with Gasteiger partial charge in [0.15, 0.2) is 0 Å². The van der Waals surface area contributed by atoms with Crippen LogP contribution in [0.25, 0.3) is 10.9 Å². The second kappa shape index (κ2) is 7.61. The maximum atomic E-state index is 12.2. The number of benzene rings is 1. The van der Waals surface area contributed by atoms with Crippen LogP contribution in [0.15, 0.2) is 36.4 Å². The molecule has 0 amide bonds. The molecule has 6 nitrogen and oxygen atoms in total. The number of ether oxygens (including phenoxy) is 2. The standard InChI is InChI=1S/C19H22N2O4/c1-24-18(22)14-9-10-21(17(11-14)19(23)25-2)12-15-8-7-13-5-3-4-6-16(13)20-15/h3-8,14,17H,9-12H2,1-2H3. The number of rotatable bonds is 4. The number of hydrogen-bond donors (Lipinski definition) is 0. The molecule has 1 fully saturated rings. The smallest absolute Gasteiger partial charge is 0.323 e. The summed E-state index contributed by atoms with van der Waals surface area (Å²) in [5.41, 5.74) is 1.82. The SMILES string of the molecule is COC(=O)C1CCN(Cc2ccc3ccccc3n2)C(C(=O)OC)C1. The van der Waals surface area contributed by atoms with Gasteiger partial charge >= 0.3 is 11.9 Å². The average molecular weight is 342 g/mol. The molecule has 0 spiro atoms. The largest absolute Gasteiger partial charge is 0.469 e. The van der Waals surface area contributed by atoms with Crippen LogP contribution in [-0.2, 0) is 25.6 Å². The topological polar surface area (TPSA) is 68.7 Å². The first-order valence-corrected chi connectivity index (χ1v) is 8.36. The van der Waals surface area contributed by atoms with Crippen molar-refractivity contribution in [3.63, 3.8) is 0 Å². The van der Waals surface area contributed by atoms with Crippen LogP contribution >= 0.6 is 0 Å². The molecule has 2 unspecified atom stereocenters. The maximum Gasteiger partial charge on any atom is 0.323 e.